The van der Waals surface area contributed by atoms with Gasteiger partial charge in [0.2, 0.25) is 0 Å². The lowest BCUT2D eigenvalue weighted by molar-refractivity contribution is 0.0780. The van der Waals surface area contributed by atoms with Crippen molar-refractivity contribution in [3.05, 3.63) is 45.9 Å². The SMILES string of the molecule is CN(Cc1ccccc1N1CCCC1)C(=O)c1csc(CCN)n1. The van der Waals surface area contributed by atoms with E-state index in [-0.39, 0.29) is 5.91 Å². The van der Waals surface area contributed by atoms with E-state index in [9.17, 15) is 4.79 Å². The third-order valence-electron chi connectivity index (χ3n) is 4.32. The van der Waals surface area contributed by atoms with Crippen molar-refractivity contribution >= 4 is 22.9 Å². The van der Waals surface area contributed by atoms with Gasteiger partial charge in [-0.2, -0.15) is 0 Å². The Morgan fingerprint density at radius 3 is 2.83 bits per heavy atom. The van der Waals surface area contributed by atoms with E-state index in [0.717, 1.165) is 24.5 Å². The van der Waals surface area contributed by atoms with Crippen molar-refractivity contribution in [3.63, 3.8) is 0 Å². The van der Waals surface area contributed by atoms with Crippen molar-refractivity contribution in [1.82, 2.24) is 9.88 Å². The van der Waals surface area contributed by atoms with Crippen molar-refractivity contribution in [2.24, 2.45) is 5.73 Å². The second-order valence-corrected chi connectivity index (χ2v) is 7.09. The Hall–Kier alpha value is -1.92. The number of thiazole rings is 1. The summed E-state index contributed by atoms with van der Waals surface area (Å²) >= 11 is 1.50. The van der Waals surface area contributed by atoms with Crippen molar-refractivity contribution in [3.8, 4) is 0 Å². The Bertz CT molecular complexity index is 694. The van der Waals surface area contributed by atoms with E-state index >= 15 is 0 Å². The maximum atomic E-state index is 12.6. The van der Waals surface area contributed by atoms with Crippen LogP contribution in [-0.2, 0) is 13.0 Å². The lowest BCUT2D eigenvalue weighted by Gasteiger charge is -2.24. The minimum atomic E-state index is -0.0363. The number of hydrogen-bond acceptors (Lipinski definition) is 5. The molecular weight excluding hydrogens is 320 g/mol. The van der Waals surface area contributed by atoms with Crippen LogP contribution in [0.2, 0.25) is 0 Å². The molecule has 2 aromatic rings. The van der Waals surface area contributed by atoms with Crippen LogP contribution in [-0.4, -0.2) is 42.5 Å². The van der Waals surface area contributed by atoms with Crippen LogP contribution in [0.4, 0.5) is 5.69 Å². The van der Waals surface area contributed by atoms with Crippen LogP contribution in [0.15, 0.2) is 29.6 Å². The van der Waals surface area contributed by atoms with Gasteiger partial charge in [0.05, 0.1) is 5.01 Å². The smallest absolute Gasteiger partial charge is 0.273 e. The van der Waals surface area contributed by atoms with E-state index in [1.807, 2.05) is 18.5 Å². The maximum Gasteiger partial charge on any atom is 0.273 e. The molecule has 1 aromatic heterocycles. The van der Waals surface area contributed by atoms with Gasteiger partial charge in [0.15, 0.2) is 0 Å². The summed E-state index contributed by atoms with van der Waals surface area (Å²) in [7, 11) is 1.84. The third kappa shape index (κ3) is 3.76. The number of anilines is 1. The standard InChI is InChI=1S/C18H24N4OS/c1-21(18(23)15-13-24-17(20-15)8-9-19)12-14-6-2-3-7-16(14)22-10-4-5-11-22/h2-3,6-7,13H,4-5,8-12,19H2,1H3. The van der Waals surface area contributed by atoms with Crippen LogP contribution in [0.3, 0.4) is 0 Å². The largest absolute Gasteiger partial charge is 0.371 e. The number of rotatable bonds is 6. The molecule has 2 heterocycles. The first kappa shape index (κ1) is 16.9. The van der Waals surface area contributed by atoms with E-state index in [1.165, 1.54) is 35.4 Å². The fraction of sp³-hybridized carbons (Fsp3) is 0.444. The molecule has 128 valence electrons. The van der Waals surface area contributed by atoms with Crippen molar-refractivity contribution < 1.29 is 4.79 Å². The van der Waals surface area contributed by atoms with Gasteiger partial charge in [0.1, 0.15) is 5.69 Å². The van der Waals surface area contributed by atoms with E-state index in [2.05, 4.69) is 28.1 Å². The lowest BCUT2D eigenvalue weighted by atomic mass is 10.1. The van der Waals surface area contributed by atoms with Gasteiger partial charge in [-0.1, -0.05) is 18.2 Å². The molecule has 6 heteroatoms. The number of para-hydroxylation sites is 1. The zero-order valence-corrected chi connectivity index (χ0v) is 14.9. The van der Waals surface area contributed by atoms with Gasteiger partial charge in [-0.3, -0.25) is 4.79 Å². The highest BCUT2D eigenvalue weighted by Gasteiger charge is 2.19. The summed E-state index contributed by atoms with van der Waals surface area (Å²) in [6.07, 6.45) is 3.21. The van der Waals surface area contributed by atoms with Gasteiger partial charge in [-0.05, 0) is 31.0 Å². The summed E-state index contributed by atoms with van der Waals surface area (Å²) in [4.78, 5) is 21.2. The van der Waals surface area contributed by atoms with E-state index in [1.54, 1.807) is 4.90 Å². The number of nitrogens with zero attached hydrogens (tertiary/aromatic N) is 3. The monoisotopic (exact) mass is 344 g/mol. The molecule has 0 spiro atoms. The van der Waals surface area contributed by atoms with Gasteiger partial charge < -0.3 is 15.5 Å². The number of carbonyl (C=O) groups is 1. The van der Waals surface area contributed by atoms with Gasteiger partial charge >= 0.3 is 0 Å². The van der Waals surface area contributed by atoms with Crippen molar-refractivity contribution in [2.75, 3.05) is 31.6 Å². The first-order chi connectivity index (χ1) is 11.7. The topological polar surface area (TPSA) is 62.5 Å². The van der Waals surface area contributed by atoms with Crippen LogP contribution < -0.4 is 10.6 Å². The van der Waals surface area contributed by atoms with Gasteiger partial charge in [0.25, 0.3) is 5.91 Å². The van der Waals surface area contributed by atoms with E-state index in [4.69, 9.17) is 5.73 Å². The highest BCUT2D eigenvalue weighted by molar-refractivity contribution is 7.09. The zero-order chi connectivity index (χ0) is 16.9. The molecule has 1 aromatic carbocycles. The molecule has 1 amide bonds. The summed E-state index contributed by atoms with van der Waals surface area (Å²) in [6, 6.07) is 8.37. The number of amides is 1. The average Bonchev–Trinajstić information content (AvgIpc) is 3.26. The molecule has 0 bridgehead atoms. The molecule has 24 heavy (non-hydrogen) atoms. The number of hydrogen-bond donors (Lipinski definition) is 1. The van der Waals surface area contributed by atoms with Crippen molar-refractivity contribution in [1.29, 1.82) is 0 Å². The highest BCUT2D eigenvalue weighted by Crippen LogP contribution is 2.25. The molecule has 3 rings (SSSR count). The molecule has 5 nitrogen and oxygen atoms in total. The molecular formula is C18H24N4OS. The number of nitrogens with two attached hydrogens (primary N) is 1. The van der Waals surface area contributed by atoms with Crippen LogP contribution >= 0.6 is 11.3 Å². The Balaban J connectivity index is 1.72. The fourth-order valence-corrected chi connectivity index (χ4v) is 3.87. The number of aromatic nitrogens is 1. The van der Waals surface area contributed by atoms with Crippen LogP contribution in [0.5, 0.6) is 0 Å². The zero-order valence-electron chi connectivity index (χ0n) is 14.1. The van der Waals surface area contributed by atoms with Gasteiger partial charge in [-0.15, -0.1) is 11.3 Å². The molecule has 0 saturated carbocycles. The minimum Gasteiger partial charge on any atom is -0.371 e. The number of benzene rings is 1. The first-order valence-corrected chi connectivity index (χ1v) is 9.30. The quantitative estimate of drug-likeness (QED) is 0.875. The summed E-state index contributed by atoms with van der Waals surface area (Å²) in [5, 5.41) is 2.75. The Kier molecular flexibility index (Phi) is 5.48. The summed E-state index contributed by atoms with van der Waals surface area (Å²) in [5.41, 5.74) is 8.50. The van der Waals surface area contributed by atoms with Gasteiger partial charge in [0, 0.05) is 44.2 Å². The maximum absolute atomic E-state index is 12.6. The highest BCUT2D eigenvalue weighted by atomic mass is 32.1. The molecule has 0 aliphatic carbocycles. The molecule has 1 saturated heterocycles. The summed E-state index contributed by atoms with van der Waals surface area (Å²) in [5.74, 6) is -0.0363. The summed E-state index contributed by atoms with van der Waals surface area (Å²) < 4.78 is 0. The van der Waals surface area contributed by atoms with Gasteiger partial charge in [-0.25, -0.2) is 4.98 Å². The first-order valence-electron chi connectivity index (χ1n) is 8.42. The van der Waals surface area contributed by atoms with Crippen LogP contribution in [0.1, 0.15) is 33.9 Å². The third-order valence-corrected chi connectivity index (χ3v) is 5.23. The van der Waals surface area contributed by atoms with Crippen LogP contribution in [0.25, 0.3) is 0 Å². The molecule has 1 aliphatic heterocycles. The number of carbonyl (C=O) groups excluding carboxylic acids is 1. The predicted octanol–water partition coefficient (Wildman–Crippen LogP) is 2.52. The molecule has 1 fully saturated rings. The molecule has 0 radical (unpaired) electrons. The average molecular weight is 344 g/mol. The lowest BCUT2D eigenvalue weighted by Crippen LogP contribution is -2.28. The van der Waals surface area contributed by atoms with E-state index < -0.39 is 0 Å². The predicted molar refractivity (Wildman–Crippen MR) is 98.6 cm³/mol. The van der Waals surface area contributed by atoms with Crippen LogP contribution in [0, 0.1) is 0 Å². The summed E-state index contributed by atoms with van der Waals surface area (Å²) in [6.45, 7) is 3.35. The second-order valence-electron chi connectivity index (χ2n) is 6.15. The molecule has 2 N–H and O–H groups in total. The normalized spacial score (nSPS) is 14.2. The molecule has 1 aliphatic rings. The Morgan fingerprint density at radius 2 is 2.08 bits per heavy atom. The molecule has 0 unspecified atom stereocenters. The Morgan fingerprint density at radius 1 is 1.33 bits per heavy atom. The fourth-order valence-electron chi connectivity index (χ4n) is 3.08. The second kappa shape index (κ2) is 7.77. The van der Waals surface area contributed by atoms with E-state index in [0.29, 0.717) is 18.8 Å². The molecule has 0 atom stereocenters. The Labute approximate surface area is 147 Å². The van der Waals surface area contributed by atoms with Crippen molar-refractivity contribution in [2.45, 2.75) is 25.8 Å². The minimum absolute atomic E-state index is 0.0363.